The van der Waals surface area contributed by atoms with Gasteiger partial charge in [0.2, 0.25) is 0 Å². The SMILES string of the molecule is C(C[PH+](c1ccccc1)c1ccccc1)=N[C@@H]1C2c3ccccc3C(c3ccccc32)[C@H]1N=CC[PH+](c1ccccc1)c1ccccc1.[Br][Ni][Br]. The molecular weight excluding hydrogens is 837 g/mol. The first-order valence-corrected chi connectivity index (χ1v) is 25.5. The molecule has 51 heavy (non-hydrogen) atoms. The van der Waals surface area contributed by atoms with Gasteiger partial charge in [-0.2, -0.15) is 0 Å². The van der Waals surface area contributed by atoms with Gasteiger partial charge in [0.25, 0.3) is 0 Å². The molecule has 258 valence electrons. The van der Waals surface area contributed by atoms with Crippen molar-refractivity contribution in [3.8, 4) is 0 Å². The number of aliphatic imine (C=N–C) groups is 2. The third kappa shape index (κ3) is 8.30. The summed E-state index contributed by atoms with van der Waals surface area (Å²) in [6.07, 6.45) is 6.41. The van der Waals surface area contributed by atoms with Crippen LogP contribution in [0, 0.1) is 0 Å². The average Bonchev–Trinajstić information content (AvgIpc) is 3.20. The summed E-state index contributed by atoms with van der Waals surface area (Å²) in [5, 5.41) is 5.69. The van der Waals surface area contributed by atoms with Crippen molar-refractivity contribution < 1.29 is 10.9 Å². The molecule has 2 atom stereocenters. The predicted octanol–water partition coefficient (Wildman–Crippen LogP) is 9.58. The van der Waals surface area contributed by atoms with Crippen LogP contribution in [0.4, 0.5) is 0 Å². The van der Waals surface area contributed by atoms with Gasteiger partial charge in [-0.1, -0.05) is 121 Å². The van der Waals surface area contributed by atoms with Crippen molar-refractivity contribution in [3.05, 3.63) is 192 Å². The number of fused-ring (bicyclic) bond motifs is 1. The van der Waals surface area contributed by atoms with Crippen LogP contribution in [0.3, 0.4) is 0 Å². The molecule has 3 aliphatic carbocycles. The Morgan fingerprint density at radius 3 is 0.902 bits per heavy atom. The third-order valence-electron chi connectivity index (χ3n) is 10.0. The van der Waals surface area contributed by atoms with Crippen molar-refractivity contribution >= 4 is 77.9 Å². The molecule has 0 fully saturated rings. The van der Waals surface area contributed by atoms with E-state index in [2.05, 4.69) is 211 Å². The van der Waals surface area contributed by atoms with Crippen molar-refractivity contribution in [2.45, 2.75) is 23.9 Å². The van der Waals surface area contributed by atoms with Gasteiger partial charge in [0.15, 0.2) is 0 Å². The van der Waals surface area contributed by atoms with E-state index in [-0.39, 0.29) is 23.9 Å². The summed E-state index contributed by atoms with van der Waals surface area (Å²) < 4.78 is 0. The minimum atomic E-state index is -1.02. The van der Waals surface area contributed by atoms with E-state index in [1.807, 2.05) is 0 Å². The van der Waals surface area contributed by atoms with Crippen molar-refractivity contribution in [2.75, 3.05) is 12.3 Å². The summed E-state index contributed by atoms with van der Waals surface area (Å²) in [6, 6.07) is 62.3. The predicted molar refractivity (Wildman–Crippen MR) is 230 cm³/mol. The normalized spacial score (nSPS) is 18.9. The number of rotatable bonds is 10. The molecule has 0 heterocycles. The Bertz CT molecular complexity index is 1770. The molecule has 0 N–H and O–H groups in total. The van der Waals surface area contributed by atoms with Gasteiger partial charge in [-0.25, -0.2) is 0 Å². The Labute approximate surface area is 324 Å². The van der Waals surface area contributed by atoms with Gasteiger partial charge in [-0.15, -0.1) is 0 Å². The molecule has 0 saturated carbocycles. The fourth-order valence-electron chi connectivity index (χ4n) is 7.86. The summed E-state index contributed by atoms with van der Waals surface area (Å²) in [7, 11) is -0.794. The first-order chi connectivity index (χ1) is 25.3. The first kappa shape index (κ1) is 36.3. The van der Waals surface area contributed by atoms with E-state index in [4.69, 9.17) is 9.98 Å². The standard InChI is InChI=1S/C44H38N2P2.2BrH.Ni/c1-5-17-33(18-6-1)47(34-19-7-2-8-20-34)31-29-45-43-41-37-25-13-15-27-39(37)42(40-28-16-14-26-38(40)41)44(43)46-30-32-48(35-21-9-3-10-22-35)36-23-11-4-12-24-36;;;/h1-30,41-44H,31-32H2;2*1H;/q;;;+2/t41?,42?,43-,44-;;;/m1.../s1. The first-order valence-electron chi connectivity index (χ1n) is 17.2. The molecule has 9 rings (SSSR count). The van der Waals surface area contributed by atoms with Crippen LogP contribution in [0.1, 0.15) is 34.1 Å². The zero-order chi connectivity index (χ0) is 34.8. The molecule has 0 aromatic heterocycles. The van der Waals surface area contributed by atoms with Crippen molar-refractivity contribution in [3.63, 3.8) is 0 Å². The summed E-state index contributed by atoms with van der Waals surface area (Å²) in [6.45, 7) is 0. The number of benzene rings is 6. The molecule has 2 nitrogen and oxygen atoms in total. The minimum absolute atomic E-state index is 0.0509. The second kappa shape index (κ2) is 18.1. The van der Waals surface area contributed by atoms with Crippen molar-refractivity contribution in [1.29, 1.82) is 0 Å². The van der Waals surface area contributed by atoms with E-state index in [9.17, 15) is 0 Å². The van der Waals surface area contributed by atoms with Crippen LogP contribution in [-0.2, 0) is 10.9 Å². The molecule has 0 unspecified atom stereocenters. The second-order valence-electron chi connectivity index (χ2n) is 12.7. The van der Waals surface area contributed by atoms with E-state index in [1.165, 1.54) is 54.4 Å². The Kier molecular flexibility index (Phi) is 12.9. The second-order valence-corrected chi connectivity index (χ2v) is 22.8. The van der Waals surface area contributed by atoms with Crippen LogP contribution in [0.5, 0.6) is 0 Å². The Balaban J connectivity index is 0.00000131. The van der Waals surface area contributed by atoms with E-state index >= 15 is 0 Å². The number of hydrogen-bond donors (Lipinski definition) is 0. The van der Waals surface area contributed by atoms with Crippen LogP contribution in [0.15, 0.2) is 180 Å². The Hall–Kier alpha value is -3.03. The molecular formula is C44H40Br2N2NiP2+2. The fraction of sp³-hybridized carbons (Fsp3) is 0.136. The van der Waals surface area contributed by atoms with Crippen LogP contribution >= 0.6 is 44.3 Å². The van der Waals surface area contributed by atoms with Gasteiger partial charge < -0.3 is 0 Å². The van der Waals surface area contributed by atoms with Crippen molar-refractivity contribution in [1.82, 2.24) is 0 Å². The van der Waals surface area contributed by atoms with Gasteiger partial charge >= 0.3 is 39.3 Å². The average molecular weight is 877 g/mol. The molecule has 6 aromatic rings. The van der Waals surface area contributed by atoms with Gasteiger partial charge in [-0.3, -0.25) is 9.98 Å². The molecule has 6 aromatic carbocycles. The molecule has 0 spiro atoms. The Morgan fingerprint density at radius 1 is 0.412 bits per heavy atom. The van der Waals surface area contributed by atoms with Crippen LogP contribution in [0.25, 0.3) is 0 Å². The van der Waals surface area contributed by atoms with E-state index in [0.29, 0.717) is 0 Å². The van der Waals surface area contributed by atoms with Crippen LogP contribution < -0.4 is 21.2 Å². The molecule has 0 saturated heterocycles. The number of halogens is 2. The van der Waals surface area contributed by atoms with Gasteiger partial charge in [0, 0.05) is 24.3 Å². The van der Waals surface area contributed by atoms with E-state index in [1.54, 1.807) is 0 Å². The molecule has 7 heteroatoms. The zero-order valence-electron chi connectivity index (χ0n) is 28.0. The summed E-state index contributed by atoms with van der Waals surface area (Å²) in [5.41, 5.74) is 5.68. The number of nitrogens with zero attached hydrogens (tertiary/aromatic N) is 2. The molecule has 2 bridgehead atoms. The maximum absolute atomic E-state index is 5.54. The quantitative estimate of drug-likeness (QED) is 0.0745. The molecule has 0 radical (unpaired) electrons. The van der Waals surface area contributed by atoms with Crippen LogP contribution in [0.2, 0.25) is 0 Å². The summed E-state index contributed by atoms with van der Waals surface area (Å²) in [4.78, 5) is 11.1. The van der Waals surface area contributed by atoms with E-state index in [0.717, 1.165) is 12.3 Å². The Morgan fingerprint density at radius 2 is 0.647 bits per heavy atom. The summed E-state index contributed by atoms with van der Waals surface area (Å²) in [5.74, 6) is 0.385. The fourth-order valence-corrected chi connectivity index (χ4v) is 12.4. The van der Waals surface area contributed by atoms with Crippen molar-refractivity contribution in [2.24, 2.45) is 9.98 Å². The molecule has 0 aliphatic heterocycles. The zero-order valence-corrected chi connectivity index (χ0v) is 34.2. The summed E-state index contributed by atoms with van der Waals surface area (Å²) >= 11 is 6.00. The van der Waals surface area contributed by atoms with E-state index < -0.39 is 15.8 Å². The maximum atomic E-state index is 5.54. The van der Waals surface area contributed by atoms with Gasteiger partial charge in [-0.05, 0) is 70.8 Å². The monoisotopic (exact) mass is 874 g/mol. The molecule has 0 amide bonds. The van der Waals surface area contributed by atoms with Gasteiger partial charge in [0.1, 0.15) is 12.3 Å². The van der Waals surface area contributed by atoms with Gasteiger partial charge in [0.05, 0.1) is 49.1 Å². The third-order valence-corrected chi connectivity index (χ3v) is 15.3. The van der Waals surface area contributed by atoms with Crippen LogP contribution in [-0.4, -0.2) is 36.8 Å². The topological polar surface area (TPSA) is 24.7 Å². The molecule has 3 aliphatic rings. The number of hydrogen-bond acceptors (Lipinski definition) is 2.